The van der Waals surface area contributed by atoms with Gasteiger partial charge in [-0.05, 0) is 25.0 Å². The molecule has 1 aromatic carbocycles. The highest BCUT2D eigenvalue weighted by atomic mass is 16.1. The van der Waals surface area contributed by atoms with Crippen LogP contribution in [-0.2, 0) is 11.3 Å². The van der Waals surface area contributed by atoms with Crippen molar-refractivity contribution >= 4 is 5.91 Å². The zero-order valence-electron chi connectivity index (χ0n) is 12.6. The molecular formula is C16H21N5O. The van der Waals surface area contributed by atoms with E-state index in [0.717, 1.165) is 24.2 Å². The summed E-state index contributed by atoms with van der Waals surface area (Å²) in [5, 5.41) is 8.82. The maximum atomic E-state index is 11.3. The van der Waals surface area contributed by atoms with Crippen molar-refractivity contribution in [1.29, 1.82) is 0 Å². The van der Waals surface area contributed by atoms with Gasteiger partial charge in [-0.3, -0.25) is 9.69 Å². The summed E-state index contributed by atoms with van der Waals surface area (Å²) in [5.74, 6) is -0.289. The number of amides is 1. The molecule has 0 bridgehead atoms. The molecule has 1 aliphatic carbocycles. The third-order valence-corrected chi connectivity index (χ3v) is 4.09. The number of rotatable bonds is 6. The Hall–Kier alpha value is -2.21. The summed E-state index contributed by atoms with van der Waals surface area (Å²) >= 11 is 0. The molecule has 0 atom stereocenters. The Bertz CT molecular complexity index is 618. The van der Waals surface area contributed by atoms with E-state index in [4.69, 9.17) is 5.73 Å². The molecular weight excluding hydrogens is 278 g/mol. The Morgan fingerprint density at radius 2 is 2.00 bits per heavy atom. The van der Waals surface area contributed by atoms with Crippen molar-refractivity contribution in [3.8, 4) is 5.69 Å². The van der Waals surface area contributed by atoms with Gasteiger partial charge < -0.3 is 5.73 Å². The number of carbonyl (C=O) groups excluding carboxylic acids is 1. The van der Waals surface area contributed by atoms with Crippen molar-refractivity contribution < 1.29 is 4.79 Å². The van der Waals surface area contributed by atoms with Gasteiger partial charge in [0.05, 0.1) is 24.1 Å². The number of nitrogens with zero attached hydrogens (tertiary/aromatic N) is 4. The largest absolute Gasteiger partial charge is 0.369 e. The normalized spacial score (nSPS) is 15.5. The molecule has 0 aliphatic heterocycles. The fourth-order valence-corrected chi connectivity index (χ4v) is 3.04. The van der Waals surface area contributed by atoms with E-state index in [9.17, 15) is 4.79 Å². The molecule has 3 rings (SSSR count). The van der Waals surface area contributed by atoms with E-state index >= 15 is 0 Å². The first-order valence-electron chi connectivity index (χ1n) is 7.71. The van der Waals surface area contributed by atoms with Crippen LogP contribution in [0.25, 0.3) is 5.69 Å². The maximum absolute atomic E-state index is 11.3. The van der Waals surface area contributed by atoms with E-state index in [-0.39, 0.29) is 12.5 Å². The van der Waals surface area contributed by atoms with E-state index in [0.29, 0.717) is 12.6 Å². The Kier molecular flexibility index (Phi) is 4.48. The second kappa shape index (κ2) is 6.70. The molecule has 0 unspecified atom stereocenters. The third kappa shape index (κ3) is 3.51. The van der Waals surface area contributed by atoms with Gasteiger partial charge in [0.1, 0.15) is 0 Å². The molecule has 22 heavy (non-hydrogen) atoms. The Morgan fingerprint density at radius 1 is 1.27 bits per heavy atom. The topological polar surface area (TPSA) is 77.0 Å². The lowest BCUT2D eigenvalue weighted by Gasteiger charge is -2.26. The molecule has 6 nitrogen and oxygen atoms in total. The van der Waals surface area contributed by atoms with Gasteiger partial charge in [0, 0.05) is 12.6 Å². The third-order valence-electron chi connectivity index (χ3n) is 4.09. The molecule has 0 radical (unpaired) electrons. The van der Waals surface area contributed by atoms with Crippen LogP contribution in [0.1, 0.15) is 31.4 Å². The lowest BCUT2D eigenvalue weighted by Crippen LogP contribution is -2.39. The van der Waals surface area contributed by atoms with Gasteiger partial charge in [0.15, 0.2) is 0 Å². The Balaban J connectivity index is 1.72. The monoisotopic (exact) mass is 299 g/mol. The van der Waals surface area contributed by atoms with Gasteiger partial charge in [0.25, 0.3) is 0 Å². The summed E-state index contributed by atoms with van der Waals surface area (Å²) in [5.41, 5.74) is 7.17. The van der Waals surface area contributed by atoms with Gasteiger partial charge >= 0.3 is 0 Å². The minimum Gasteiger partial charge on any atom is -0.369 e. The van der Waals surface area contributed by atoms with Crippen LogP contribution in [-0.4, -0.2) is 38.4 Å². The first-order chi connectivity index (χ1) is 10.7. The van der Waals surface area contributed by atoms with Crippen LogP contribution in [0.4, 0.5) is 0 Å². The van der Waals surface area contributed by atoms with Crippen LogP contribution in [0.2, 0.25) is 0 Å². The van der Waals surface area contributed by atoms with E-state index in [2.05, 4.69) is 15.1 Å². The molecule has 1 saturated carbocycles. The van der Waals surface area contributed by atoms with Crippen molar-refractivity contribution in [2.75, 3.05) is 6.54 Å². The summed E-state index contributed by atoms with van der Waals surface area (Å²) in [6.07, 6.45) is 6.45. The molecule has 2 N–H and O–H groups in total. The average Bonchev–Trinajstić information content (AvgIpc) is 3.19. The van der Waals surface area contributed by atoms with Crippen molar-refractivity contribution in [3.05, 3.63) is 42.2 Å². The highest BCUT2D eigenvalue weighted by molar-refractivity contribution is 5.75. The number of nitrogens with two attached hydrogens (primary N) is 1. The van der Waals surface area contributed by atoms with Crippen molar-refractivity contribution in [3.63, 3.8) is 0 Å². The maximum Gasteiger partial charge on any atom is 0.231 e. The van der Waals surface area contributed by atoms with Gasteiger partial charge in [-0.2, -0.15) is 15.0 Å². The molecule has 1 fully saturated rings. The summed E-state index contributed by atoms with van der Waals surface area (Å²) in [6, 6.07) is 10.2. The molecule has 116 valence electrons. The number of para-hydroxylation sites is 1. The lowest BCUT2D eigenvalue weighted by atomic mass is 10.2. The van der Waals surface area contributed by atoms with Gasteiger partial charge in [-0.25, -0.2) is 0 Å². The number of aromatic nitrogens is 3. The van der Waals surface area contributed by atoms with E-state index < -0.39 is 0 Å². The van der Waals surface area contributed by atoms with Gasteiger partial charge in [0.2, 0.25) is 5.91 Å². The smallest absolute Gasteiger partial charge is 0.231 e. The SMILES string of the molecule is NC(=O)CN(Cc1cnn(-c2ccccc2)n1)C1CCCC1. The predicted octanol–water partition coefficient (Wildman–Crippen LogP) is 1.50. The van der Waals surface area contributed by atoms with E-state index in [1.165, 1.54) is 12.8 Å². The number of hydrogen-bond donors (Lipinski definition) is 1. The van der Waals surface area contributed by atoms with Gasteiger partial charge in [-0.15, -0.1) is 0 Å². The van der Waals surface area contributed by atoms with Crippen molar-refractivity contribution in [1.82, 2.24) is 19.9 Å². The van der Waals surface area contributed by atoms with Crippen molar-refractivity contribution in [2.45, 2.75) is 38.3 Å². The Labute approximate surface area is 129 Å². The molecule has 0 saturated heterocycles. The Morgan fingerprint density at radius 3 is 2.68 bits per heavy atom. The molecule has 1 aromatic heterocycles. The number of carbonyl (C=O) groups is 1. The number of hydrogen-bond acceptors (Lipinski definition) is 4. The molecule has 1 amide bonds. The van der Waals surface area contributed by atoms with Crippen LogP contribution in [0.15, 0.2) is 36.5 Å². The quantitative estimate of drug-likeness (QED) is 0.877. The zero-order valence-corrected chi connectivity index (χ0v) is 12.6. The fraction of sp³-hybridized carbons (Fsp3) is 0.438. The number of benzene rings is 1. The summed E-state index contributed by atoms with van der Waals surface area (Å²) in [4.78, 5) is 15.1. The van der Waals surface area contributed by atoms with Crippen LogP contribution in [0.3, 0.4) is 0 Å². The summed E-state index contributed by atoms with van der Waals surface area (Å²) in [6.45, 7) is 0.892. The first kappa shape index (κ1) is 14.7. The highest BCUT2D eigenvalue weighted by Gasteiger charge is 2.24. The predicted molar refractivity (Wildman–Crippen MR) is 83.2 cm³/mol. The van der Waals surface area contributed by atoms with Gasteiger partial charge in [-0.1, -0.05) is 31.0 Å². The van der Waals surface area contributed by atoms with Crippen molar-refractivity contribution in [2.24, 2.45) is 5.73 Å². The van der Waals surface area contributed by atoms with Crippen LogP contribution < -0.4 is 5.73 Å². The van der Waals surface area contributed by atoms with E-state index in [1.807, 2.05) is 30.3 Å². The summed E-state index contributed by atoms with van der Waals surface area (Å²) < 4.78 is 0. The molecule has 6 heteroatoms. The minimum absolute atomic E-state index is 0.281. The zero-order chi connectivity index (χ0) is 15.4. The second-order valence-corrected chi connectivity index (χ2v) is 5.77. The van der Waals surface area contributed by atoms with Crippen LogP contribution in [0.5, 0.6) is 0 Å². The number of primary amides is 1. The molecule has 2 aromatic rings. The lowest BCUT2D eigenvalue weighted by molar-refractivity contribution is -0.119. The van der Waals surface area contributed by atoms with Crippen LogP contribution in [0, 0.1) is 0 Å². The summed E-state index contributed by atoms with van der Waals surface area (Å²) in [7, 11) is 0. The van der Waals surface area contributed by atoms with E-state index in [1.54, 1.807) is 11.0 Å². The molecule has 1 aliphatic rings. The molecule has 0 spiro atoms. The first-order valence-corrected chi connectivity index (χ1v) is 7.71. The minimum atomic E-state index is -0.289. The second-order valence-electron chi connectivity index (χ2n) is 5.77. The molecule has 1 heterocycles. The average molecular weight is 299 g/mol. The standard InChI is InChI=1S/C16H21N5O/c17-16(22)12-20(14-6-4-5-7-14)11-13-10-18-21(19-13)15-8-2-1-3-9-15/h1-3,8-10,14H,4-7,11-12H2,(H2,17,22). The highest BCUT2D eigenvalue weighted by Crippen LogP contribution is 2.24. The fourth-order valence-electron chi connectivity index (χ4n) is 3.04. The van der Waals surface area contributed by atoms with Crippen LogP contribution >= 0.6 is 0 Å².